The molecule has 7 heteroatoms. The molecule has 0 saturated carbocycles. The van der Waals surface area contributed by atoms with Crippen molar-refractivity contribution in [2.24, 2.45) is 0 Å². The number of carboxylic acids is 1. The van der Waals surface area contributed by atoms with Crippen molar-refractivity contribution in [3.63, 3.8) is 0 Å². The van der Waals surface area contributed by atoms with Crippen LogP contribution >= 0.6 is 11.6 Å². The summed E-state index contributed by atoms with van der Waals surface area (Å²) in [6, 6.07) is 12.8. The number of carbonyl (C=O) groups excluding carboxylic acids is 1. The van der Waals surface area contributed by atoms with E-state index in [1.54, 1.807) is 24.3 Å². The standard InChI is InChI=1S/C20H22ClNO5/c1-2-26-18-11-15(12-22-19(23)9-10-20(24)25)5-8-17(18)27-13-14-3-6-16(21)7-4-14/h3-8,11H,2,9-10,12-13H2,1H3,(H,22,23)(H,24,25). The molecule has 0 atom stereocenters. The van der Waals surface area contributed by atoms with Gasteiger partial charge in [-0.15, -0.1) is 0 Å². The quantitative estimate of drug-likeness (QED) is 0.643. The Kier molecular flexibility index (Phi) is 7.95. The van der Waals surface area contributed by atoms with E-state index in [1.807, 2.05) is 25.1 Å². The minimum Gasteiger partial charge on any atom is -0.490 e. The first kappa shape index (κ1) is 20.6. The molecule has 0 aliphatic heterocycles. The Morgan fingerprint density at radius 3 is 2.37 bits per heavy atom. The predicted octanol–water partition coefficient (Wildman–Crippen LogP) is 3.80. The third-order valence-corrected chi connectivity index (χ3v) is 3.92. The van der Waals surface area contributed by atoms with Crippen LogP contribution in [0.4, 0.5) is 0 Å². The molecule has 0 saturated heterocycles. The summed E-state index contributed by atoms with van der Waals surface area (Å²) in [6.45, 7) is 3.02. The second kappa shape index (κ2) is 10.4. The van der Waals surface area contributed by atoms with E-state index in [2.05, 4.69) is 5.32 Å². The smallest absolute Gasteiger partial charge is 0.303 e. The molecule has 0 bridgehead atoms. The largest absolute Gasteiger partial charge is 0.490 e. The summed E-state index contributed by atoms with van der Waals surface area (Å²) < 4.78 is 11.5. The molecule has 2 aromatic carbocycles. The molecule has 2 aromatic rings. The van der Waals surface area contributed by atoms with Crippen LogP contribution in [-0.2, 0) is 22.7 Å². The van der Waals surface area contributed by atoms with Gasteiger partial charge in [0.15, 0.2) is 11.5 Å². The normalized spacial score (nSPS) is 10.3. The zero-order valence-corrected chi connectivity index (χ0v) is 15.8. The summed E-state index contributed by atoms with van der Waals surface area (Å²) in [4.78, 5) is 22.1. The molecule has 6 nitrogen and oxygen atoms in total. The fourth-order valence-corrected chi connectivity index (χ4v) is 2.43. The summed E-state index contributed by atoms with van der Waals surface area (Å²) in [5.74, 6) is -0.110. The molecular formula is C20H22ClNO5. The molecule has 0 unspecified atom stereocenters. The van der Waals surface area contributed by atoms with Gasteiger partial charge in [0.05, 0.1) is 13.0 Å². The minimum atomic E-state index is -0.994. The number of hydrogen-bond donors (Lipinski definition) is 2. The van der Waals surface area contributed by atoms with E-state index < -0.39 is 5.97 Å². The van der Waals surface area contributed by atoms with Gasteiger partial charge in [0, 0.05) is 18.0 Å². The van der Waals surface area contributed by atoms with Crippen molar-refractivity contribution in [3.8, 4) is 11.5 Å². The van der Waals surface area contributed by atoms with E-state index in [9.17, 15) is 9.59 Å². The van der Waals surface area contributed by atoms with Gasteiger partial charge in [-0.2, -0.15) is 0 Å². The second-order valence-electron chi connectivity index (χ2n) is 5.80. The first-order valence-electron chi connectivity index (χ1n) is 8.59. The average molecular weight is 392 g/mol. The van der Waals surface area contributed by atoms with Crippen LogP contribution in [0.2, 0.25) is 5.02 Å². The van der Waals surface area contributed by atoms with Crippen molar-refractivity contribution in [1.29, 1.82) is 0 Å². The number of hydrogen-bond acceptors (Lipinski definition) is 4. The van der Waals surface area contributed by atoms with E-state index in [-0.39, 0.29) is 25.3 Å². The van der Waals surface area contributed by atoms with Gasteiger partial charge < -0.3 is 19.9 Å². The average Bonchev–Trinajstić information content (AvgIpc) is 2.65. The highest BCUT2D eigenvalue weighted by molar-refractivity contribution is 6.30. The topological polar surface area (TPSA) is 84.9 Å². The highest BCUT2D eigenvalue weighted by Crippen LogP contribution is 2.29. The Labute approximate surface area is 163 Å². The van der Waals surface area contributed by atoms with Crippen molar-refractivity contribution >= 4 is 23.5 Å². The predicted molar refractivity (Wildman–Crippen MR) is 102 cm³/mol. The van der Waals surface area contributed by atoms with Crippen LogP contribution in [-0.4, -0.2) is 23.6 Å². The lowest BCUT2D eigenvalue weighted by atomic mass is 10.2. The number of benzene rings is 2. The molecule has 0 fully saturated rings. The Hall–Kier alpha value is -2.73. The van der Waals surface area contributed by atoms with Crippen molar-refractivity contribution < 1.29 is 24.2 Å². The van der Waals surface area contributed by atoms with Crippen LogP contribution in [0, 0.1) is 0 Å². The summed E-state index contributed by atoms with van der Waals surface area (Å²) >= 11 is 5.88. The van der Waals surface area contributed by atoms with Crippen LogP contribution in [0.15, 0.2) is 42.5 Å². The Balaban J connectivity index is 1.97. The van der Waals surface area contributed by atoms with Gasteiger partial charge in [0.25, 0.3) is 0 Å². The lowest BCUT2D eigenvalue weighted by molar-refractivity contribution is -0.138. The number of ether oxygens (including phenoxy) is 2. The first-order valence-corrected chi connectivity index (χ1v) is 8.97. The lowest BCUT2D eigenvalue weighted by Crippen LogP contribution is -2.23. The van der Waals surface area contributed by atoms with Gasteiger partial charge in [-0.05, 0) is 42.3 Å². The zero-order chi connectivity index (χ0) is 19.6. The number of carbonyl (C=O) groups is 2. The monoisotopic (exact) mass is 391 g/mol. The molecule has 0 heterocycles. The summed E-state index contributed by atoms with van der Waals surface area (Å²) in [5.41, 5.74) is 1.82. The van der Waals surface area contributed by atoms with E-state index >= 15 is 0 Å². The van der Waals surface area contributed by atoms with Crippen LogP contribution in [0.1, 0.15) is 30.9 Å². The summed E-state index contributed by atoms with van der Waals surface area (Å²) in [7, 11) is 0. The van der Waals surface area contributed by atoms with Gasteiger partial charge in [-0.25, -0.2) is 0 Å². The molecule has 0 radical (unpaired) electrons. The number of carboxylic acid groups (broad SMARTS) is 1. The summed E-state index contributed by atoms with van der Waals surface area (Å²) in [5, 5.41) is 12.0. The van der Waals surface area contributed by atoms with E-state index in [0.717, 1.165) is 11.1 Å². The number of nitrogens with one attached hydrogen (secondary N) is 1. The lowest BCUT2D eigenvalue weighted by Gasteiger charge is -2.14. The Morgan fingerprint density at radius 2 is 1.70 bits per heavy atom. The third kappa shape index (κ3) is 7.19. The van der Waals surface area contributed by atoms with Gasteiger partial charge in [-0.3, -0.25) is 9.59 Å². The minimum absolute atomic E-state index is 0.0457. The fourth-order valence-electron chi connectivity index (χ4n) is 2.30. The van der Waals surface area contributed by atoms with E-state index in [4.69, 9.17) is 26.2 Å². The van der Waals surface area contributed by atoms with Gasteiger partial charge >= 0.3 is 5.97 Å². The van der Waals surface area contributed by atoms with Gasteiger partial charge in [0.2, 0.25) is 5.91 Å². The van der Waals surface area contributed by atoms with Crippen molar-refractivity contribution in [1.82, 2.24) is 5.32 Å². The molecule has 0 spiro atoms. The molecule has 27 heavy (non-hydrogen) atoms. The van der Waals surface area contributed by atoms with E-state index in [0.29, 0.717) is 29.7 Å². The molecular weight excluding hydrogens is 370 g/mol. The highest BCUT2D eigenvalue weighted by Gasteiger charge is 2.09. The van der Waals surface area contributed by atoms with Crippen molar-refractivity contribution in [2.45, 2.75) is 32.9 Å². The zero-order valence-electron chi connectivity index (χ0n) is 15.0. The SMILES string of the molecule is CCOc1cc(CNC(=O)CCC(=O)O)ccc1OCc1ccc(Cl)cc1. The fraction of sp³-hybridized carbons (Fsp3) is 0.300. The number of aliphatic carboxylic acids is 1. The molecule has 144 valence electrons. The van der Waals surface area contributed by atoms with Crippen LogP contribution in [0.25, 0.3) is 0 Å². The number of rotatable bonds is 10. The second-order valence-corrected chi connectivity index (χ2v) is 6.24. The maximum absolute atomic E-state index is 11.6. The highest BCUT2D eigenvalue weighted by atomic mass is 35.5. The molecule has 0 aliphatic rings. The van der Waals surface area contributed by atoms with Gasteiger partial charge in [-0.1, -0.05) is 29.8 Å². The number of amides is 1. The Morgan fingerprint density at radius 1 is 1.00 bits per heavy atom. The summed E-state index contributed by atoms with van der Waals surface area (Å²) in [6.07, 6.45) is -0.233. The van der Waals surface area contributed by atoms with Crippen LogP contribution < -0.4 is 14.8 Å². The third-order valence-electron chi connectivity index (χ3n) is 3.67. The molecule has 2 N–H and O–H groups in total. The maximum Gasteiger partial charge on any atom is 0.303 e. The first-order chi connectivity index (χ1) is 13.0. The molecule has 1 amide bonds. The molecule has 0 aliphatic carbocycles. The Bertz CT molecular complexity index is 776. The van der Waals surface area contributed by atoms with Crippen molar-refractivity contribution in [2.75, 3.05) is 6.61 Å². The van der Waals surface area contributed by atoms with Crippen LogP contribution in [0.5, 0.6) is 11.5 Å². The van der Waals surface area contributed by atoms with E-state index in [1.165, 1.54) is 0 Å². The molecule has 0 aromatic heterocycles. The van der Waals surface area contributed by atoms with Gasteiger partial charge in [0.1, 0.15) is 6.61 Å². The molecule has 2 rings (SSSR count). The van der Waals surface area contributed by atoms with Crippen molar-refractivity contribution in [3.05, 3.63) is 58.6 Å². The maximum atomic E-state index is 11.6. The van der Waals surface area contributed by atoms with Crippen LogP contribution in [0.3, 0.4) is 0 Å². The number of halogens is 1.